The van der Waals surface area contributed by atoms with Gasteiger partial charge in [0.1, 0.15) is 5.82 Å². The number of aromatic nitrogens is 1. The molecule has 0 bridgehead atoms. The molecule has 3 nitrogen and oxygen atoms in total. The number of benzene rings is 1. The van der Waals surface area contributed by atoms with E-state index in [-0.39, 0.29) is 5.41 Å². The fraction of sp³-hybridized carbons (Fsp3) is 0.474. The van der Waals surface area contributed by atoms with Crippen molar-refractivity contribution in [3.8, 4) is 0 Å². The van der Waals surface area contributed by atoms with Crippen molar-refractivity contribution in [2.24, 2.45) is 10.9 Å². The zero-order valence-corrected chi connectivity index (χ0v) is 16.0. The van der Waals surface area contributed by atoms with Gasteiger partial charge in [-0.2, -0.15) is 4.99 Å². The van der Waals surface area contributed by atoms with E-state index in [1.165, 1.54) is 11.3 Å². The van der Waals surface area contributed by atoms with E-state index in [9.17, 15) is 18.0 Å². The Bertz CT molecular complexity index is 933. The highest BCUT2D eigenvalue weighted by Gasteiger charge is 2.27. The molecule has 1 fully saturated rings. The maximum Gasteiger partial charge on any atom is 0.282 e. The Morgan fingerprint density at radius 2 is 1.81 bits per heavy atom. The zero-order chi connectivity index (χ0) is 19.2. The number of nitrogens with zero attached hydrogens (tertiary/aromatic N) is 2. The van der Waals surface area contributed by atoms with Crippen LogP contribution >= 0.6 is 11.3 Å². The molecule has 3 rings (SSSR count). The number of carbonyl (C=O) groups excluding carboxylic acids is 1. The molecule has 0 spiro atoms. The van der Waals surface area contributed by atoms with Crippen molar-refractivity contribution in [2.75, 3.05) is 0 Å². The Labute approximate surface area is 154 Å². The quantitative estimate of drug-likeness (QED) is 0.707. The van der Waals surface area contributed by atoms with Crippen molar-refractivity contribution >= 4 is 17.2 Å². The summed E-state index contributed by atoms with van der Waals surface area (Å²) in [5, 5.41) is 0. The molecule has 0 atom stereocenters. The highest BCUT2D eigenvalue weighted by molar-refractivity contribution is 7.09. The smallest absolute Gasteiger partial charge is 0.282 e. The minimum absolute atomic E-state index is 0.121. The summed E-state index contributed by atoms with van der Waals surface area (Å²) in [4.78, 5) is 18.0. The second-order valence-electron chi connectivity index (χ2n) is 7.77. The van der Waals surface area contributed by atoms with E-state index in [4.69, 9.17) is 0 Å². The van der Waals surface area contributed by atoms with Crippen molar-refractivity contribution in [3.05, 3.63) is 50.5 Å². The molecule has 0 radical (unpaired) electrons. The predicted molar refractivity (Wildman–Crippen MR) is 94.7 cm³/mol. The molecular weight excluding hydrogens is 361 g/mol. The summed E-state index contributed by atoms with van der Waals surface area (Å²) >= 11 is 1.38. The lowest BCUT2D eigenvalue weighted by atomic mass is 9.93. The van der Waals surface area contributed by atoms with E-state index in [2.05, 4.69) is 25.8 Å². The van der Waals surface area contributed by atoms with E-state index in [0.717, 1.165) is 30.0 Å². The molecule has 1 aliphatic carbocycles. The van der Waals surface area contributed by atoms with E-state index in [0.29, 0.717) is 22.9 Å². The van der Waals surface area contributed by atoms with Crippen molar-refractivity contribution in [1.82, 2.24) is 4.57 Å². The van der Waals surface area contributed by atoms with Crippen LogP contribution in [-0.4, -0.2) is 10.5 Å². The lowest BCUT2D eigenvalue weighted by Gasteiger charge is -2.17. The number of rotatable bonds is 3. The number of hydrogen-bond acceptors (Lipinski definition) is 2. The van der Waals surface area contributed by atoms with E-state index < -0.39 is 28.9 Å². The van der Waals surface area contributed by atoms with Gasteiger partial charge in [0, 0.05) is 23.2 Å². The first-order valence-electron chi connectivity index (χ1n) is 8.52. The molecule has 2 aromatic rings. The molecule has 140 valence electrons. The normalized spacial score (nSPS) is 15.6. The summed E-state index contributed by atoms with van der Waals surface area (Å²) in [7, 11) is 0. The molecule has 1 aromatic carbocycles. The average molecular weight is 382 g/mol. The largest absolute Gasteiger partial charge is 0.320 e. The summed E-state index contributed by atoms with van der Waals surface area (Å²) in [5.41, 5.74) is 0.348. The van der Waals surface area contributed by atoms with Crippen LogP contribution < -0.4 is 4.80 Å². The lowest BCUT2D eigenvalue weighted by Crippen LogP contribution is -2.20. The lowest BCUT2D eigenvalue weighted by molar-refractivity contribution is 0.0993. The first-order chi connectivity index (χ1) is 12.1. The number of halogens is 3. The van der Waals surface area contributed by atoms with Crippen LogP contribution in [0.5, 0.6) is 0 Å². The van der Waals surface area contributed by atoms with Gasteiger partial charge in [-0.05, 0) is 37.2 Å². The van der Waals surface area contributed by atoms with Gasteiger partial charge in [-0.15, -0.1) is 11.3 Å². The first kappa shape index (κ1) is 18.9. The third kappa shape index (κ3) is 3.77. The Morgan fingerprint density at radius 3 is 2.38 bits per heavy atom. The van der Waals surface area contributed by atoms with Crippen LogP contribution in [0.15, 0.2) is 17.1 Å². The molecule has 0 aliphatic heterocycles. The van der Waals surface area contributed by atoms with E-state index in [1.807, 2.05) is 11.5 Å². The van der Waals surface area contributed by atoms with Gasteiger partial charge in [0.2, 0.25) is 0 Å². The summed E-state index contributed by atoms with van der Waals surface area (Å²) in [5.74, 6) is -4.06. The van der Waals surface area contributed by atoms with Gasteiger partial charge in [-0.3, -0.25) is 4.79 Å². The molecule has 0 N–H and O–H groups in total. The molecule has 1 amide bonds. The Balaban J connectivity index is 2.10. The van der Waals surface area contributed by atoms with Crippen LogP contribution in [0.25, 0.3) is 0 Å². The van der Waals surface area contributed by atoms with Gasteiger partial charge in [-0.25, -0.2) is 13.2 Å². The topological polar surface area (TPSA) is 34.4 Å². The number of carbonyl (C=O) groups is 1. The molecule has 0 saturated heterocycles. The molecule has 1 aliphatic rings. The molecular formula is C19H21F3N2OS. The third-order valence-electron chi connectivity index (χ3n) is 4.41. The summed E-state index contributed by atoms with van der Waals surface area (Å²) in [6, 6.07) is 0.934. The van der Waals surface area contributed by atoms with Crippen molar-refractivity contribution in [2.45, 2.75) is 52.5 Å². The fourth-order valence-electron chi connectivity index (χ4n) is 2.87. The second kappa shape index (κ2) is 6.68. The molecule has 7 heteroatoms. The molecule has 0 unspecified atom stereocenters. The van der Waals surface area contributed by atoms with Gasteiger partial charge in [0.25, 0.3) is 5.91 Å². The summed E-state index contributed by atoms with van der Waals surface area (Å²) in [6.45, 7) is 8.97. The number of amides is 1. The van der Waals surface area contributed by atoms with Crippen LogP contribution in [-0.2, 0) is 12.0 Å². The molecule has 1 aromatic heterocycles. The minimum atomic E-state index is -1.33. The summed E-state index contributed by atoms with van der Waals surface area (Å²) < 4.78 is 42.4. The summed E-state index contributed by atoms with van der Waals surface area (Å²) in [6.07, 6.45) is 2.27. The van der Waals surface area contributed by atoms with Crippen molar-refractivity contribution in [3.63, 3.8) is 0 Å². The van der Waals surface area contributed by atoms with E-state index >= 15 is 0 Å². The van der Waals surface area contributed by atoms with Crippen molar-refractivity contribution in [1.29, 1.82) is 0 Å². The molecule has 26 heavy (non-hydrogen) atoms. The van der Waals surface area contributed by atoms with Crippen LogP contribution in [0.4, 0.5) is 13.2 Å². The molecule has 1 heterocycles. The number of thiazole rings is 1. The van der Waals surface area contributed by atoms with Crippen molar-refractivity contribution < 1.29 is 18.0 Å². The SMILES string of the molecule is Cc1c(C(C)(C)C)sc(=NC(=O)c2cc(F)c(F)cc2F)n1CC1CC1. The Kier molecular flexibility index (Phi) is 4.86. The molecule has 1 saturated carbocycles. The Morgan fingerprint density at radius 1 is 1.19 bits per heavy atom. The average Bonchev–Trinajstić information content (AvgIpc) is 3.29. The highest BCUT2D eigenvalue weighted by atomic mass is 32.1. The number of hydrogen-bond donors (Lipinski definition) is 0. The van der Waals surface area contributed by atoms with Gasteiger partial charge in [0.15, 0.2) is 16.4 Å². The third-order valence-corrected chi connectivity index (χ3v) is 6.02. The maximum atomic E-state index is 13.9. The van der Waals surface area contributed by atoms with Gasteiger partial charge in [0.05, 0.1) is 5.56 Å². The zero-order valence-electron chi connectivity index (χ0n) is 15.2. The minimum Gasteiger partial charge on any atom is -0.320 e. The van der Waals surface area contributed by atoms with Gasteiger partial charge in [-0.1, -0.05) is 20.8 Å². The van der Waals surface area contributed by atoms with Crippen LogP contribution in [0, 0.1) is 30.3 Å². The first-order valence-corrected chi connectivity index (χ1v) is 9.34. The standard InChI is InChI=1S/C19H21F3N2OS/c1-10-16(19(2,3)4)26-18(24(10)9-11-5-6-11)23-17(25)12-7-14(21)15(22)8-13(12)20/h7-8,11H,5-6,9H2,1-4H3. The fourth-order valence-corrected chi connectivity index (χ4v) is 4.07. The van der Waals surface area contributed by atoms with Crippen LogP contribution in [0.3, 0.4) is 0 Å². The van der Waals surface area contributed by atoms with Crippen LogP contribution in [0.2, 0.25) is 0 Å². The highest BCUT2D eigenvalue weighted by Crippen LogP contribution is 2.33. The van der Waals surface area contributed by atoms with Gasteiger partial charge >= 0.3 is 0 Å². The monoisotopic (exact) mass is 382 g/mol. The van der Waals surface area contributed by atoms with Gasteiger partial charge < -0.3 is 4.57 Å². The van der Waals surface area contributed by atoms with E-state index in [1.54, 1.807) is 0 Å². The Hall–Kier alpha value is -1.89. The van der Waals surface area contributed by atoms with Crippen LogP contribution in [0.1, 0.15) is 54.5 Å². The maximum absolute atomic E-state index is 13.9. The second-order valence-corrected chi connectivity index (χ2v) is 8.74. The predicted octanol–water partition coefficient (Wildman–Crippen LogP) is 4.72.